The fourth-order valence-electron chi connectivity index (χ4n) is 2.30. The zero-order chi connectivity index (χ0) is 17.7. The van der Waals surface area contributed by atoms with E-state index in [2.05, 4.69) is 5.32 Å². The maximum Gasteiger partial charge on any atom is 0.416 e. The molecule has 0 aliphatic heterocycles. The lowest BCUT2D eigenvalue weighted by molar-refractivity contribution is -0.137. The Bertz CT molecular complexity index is 706. The molecule has 2 rings (SSSR count). The van der Waals surface area contributed by atoms with Gasteiger partial charge >= 0.3 is 6.18 Å². The molecule has 0 bridgehead atoms. The lowest BCUT2D eigenvalue weighted by Gasteiger charge is -2.11. The third-order valence-electron chi connectivity index (χ3n) is 3.30. The van der Waals surface area contributed by atoms with Gasteiger partial charge in [0, 0.05) is 5.56 Å². The second-order valence-corrected chi connectivity index (χ2v) is 5.51. The van der Waals surface area contributed by atoms with E-state index in [0.717, 1.165) is 23.3 Å². The molecule has 0 fully saturated rings. The molecular formula is C18H18F3NO2. The zero-order valence-electron chi connectivity index (χ0n) is 13.4. The molecule has 6 heteroatoms. The third-order valence-corrected chi connectivity index (χ3v) is 3.30. The predicted molar refractivity (Wildman–Crippen MR) is 85.2 cm³/mol. The van der Waals surface area contributed by atoms with Gasteiger partial charge in [0.1, 0.15) is 12.4 Å². The molecule has 0 saturated heterocycles. The van der Waals surface area contributed by atoms with Crippen LogP contribution in [0.25, 0.3) is 0 Å². The number of ether oxygens (including phenoxy) is 1. The van der Waals surface area contributed by atoms with Crippen molar-refractivity contribution in [3.63, 3.8) is 0 Å². The lowest BCUT2D eigenvalue weighted by atomic mass is 10.1. The van der Waals surface area contributed by atoms with E-state index in [-0.39, 0.29) is 24.8 Å². The van der Waals surface area contributed by atoms with Crippen molar-refractivity contribution >= 4 is 5.91 Å². The molecule has 3 nitrogen and oxygen atoms in total. The van der Waals surface area contributed by atoms with Crippen molar-refractivity contribution in [1.29, 1.82) is 0 Å². The molecule has 0 spiro atoms. The molecule has 2 aromatic rings. The molecule has 0 aliphatic carbocycles. The smallest absolute Gasteiger partial charge is 0.416 e. The molecule has 0 aliphatic rings. The number of carbonyl (C=O) groups excluding carboxylic acids is 1. The number of carbonyl (C=O) groups is 1. The number of hydrogen-bond acceptors (Lipinski definition) is 2. The Labute approximate surface area is 138 Å². The highest BCUT2D eigenvalue weighted by Crippen LogP contribution is 2.31. The van der Waals surface area contributed by atoms with Crippen LogP contribution in [-0.4, -0.2) is 19.1 Å². The summed E-state index contributed by atoms with van der Waals surface area (Å²) in [5, 5.41) is 2.68. The van der Waals surface area contributed by atoms with Crippen LogP contribution in [0.4, 0.5) is 13.2 Å². The van der Waals surface area contributed by atoms with Crippen LogP contribution in [-0.2, 0) is 6.18 Å². The van der Waals surface area contributed by atoms with Gasteiger partial charge in [-0.3, -0.25) is 4.79 Å². The van der Waals surface area contributed by atoms with Gasteiger partial charge < -0.3 is 10.1 Å². The van der Waals surface area contributed by atoms with Gasteiger partial charge in [0.15, 0.2) is 0 Å². The first kappa shape index (κ1) is 17.8. The van der Waals surface area contributed by atoms with Gasteiger partial charge in [0.05, 0.1) is 12.1 Å². The van der Waals surface area contributed by atoms with Crippen LogP contribution in [0.3, 0.4) is 0 Å². The normalized spacial score (nSPS) is 11.2. The summed E-state index contributed by atoms with van der Waals surface area (Å²) in [5.41, 5.74) is 1.76. The van der Waals surface area contributed by atoms with Crippen LogP contribution in [0.2, 0.25) is 0 Å². The van der Waals surface area contributed by atoms with Crippen LogP contribution in [0.15, 0.2) is 42.5 Å². The standard InChI is InChI=1S/C18H18F3NO2/c1-12-8-13(2)10-14(9-12)17(23)22-6-7-24-16-5-3-4-15(11-16)18(19,20)21/h3-5,8-11H,6-7H2,1-2H3,(H,22,23). The van der Waals surface area contributed by atoms with E-state index >= 15 is 0 Å². The second-order valence-electron chi connectivity index (χ2n) is 5.51. The highest BCUT2D eigenvalue weighted by atomic mass is 19.4. The summed E-state index contributed by atoms with van der Waals surface area (Å²) >= 11 is 0. The van der Waals surface area contributed by atoms with Crippen molar-refractivity contribution < 1.29 is 22.7 Å². The number of benzene rings is 2. The average molecular weight is 337 g/mol. The Morgan fingerprint density at radius 2 is 1.75 bits per heavy atom. The molecule has 2 aromatic carbocycles. The highest BCUT2D eigenvalue weighted by molar-refractivity contribution is 5.94. The number of alkyl halides is 3. The number of hydrogen-bond donors (Lipinski definition) is 1. The van der Waals surface area contributed by atoms with Crippen molar-refractivity contribution in [2.45, 2.75) is 20.0 Å². The fourth-order valence-corrected chi connectivity index (χ4v) is 2.30. The molecule has 0 heterocycles. The van der Waals surface area contributed by atoms with Crippen LogP contribution in [0.5, 0.6) is 5.75 Å². The molecule has 0 saturated carbocycles. The molecule has 128 valence electrons. The first-order valence-corrected chi connectivity index (χ1v) is 7.42. The lowest BCUT2D eigenvalue weighted by Crippen LogP contribution is -2.28. The summed E-state index contributed by atoms with van der Waals surface area (Å²) in [5.74, 6) is -0.125. The van der Waals surface area contributed by atoms with Crippen molar-refractivity contribution in [3.8, 4) is 5.75 Å². The first-order chi connectivity index (χ1) is 11.3. The minimum absolute atomic E-state index is 0.0812. The molecule has 1 amide bonds. The van der Waals surface area contributed by atoms with Gasteiger partial charge in [-0.25, -0.2) is 0 Å². The van der Waals surface area contributed by atoms with Gasteiger partial charge in [-0.1, -0.05) is 23.3 Å². The Morgan fingerprint density at radius 3 is 2.38 bits per heavy atom. The Hall–Kier alpha value is -2.50. The maximum atomic E-state index is 12.6. The molecule has 0 unspecified atom stereocenters. The summed E-state index contributed by atoms with van der Waals surface area (Å²) < 4.78 is 43.1. The maximum absolute atomic E-state index is 12.6. The van der Waals surface area contributed by atoms with Crippen LogP contribution < -0.4 is 10.1 Å². The van der Waals surface area contributed by atoms with Gasteiger partial charge in [-0.15, -0.1) is 0 Å². The molecule has 0 aromatic heterocycles. The van der Waals surface area contributed by atoms with Gasteiger partial charge in [0.25, 0.3) is 5.91 Å². The molecule has 0 radical (unpaired) electrons. The number of aryl methyl sites for hydroxylation is 2. The predicted octanol–water partition coefficient (Wildman–Crippen LogP) is 4.13. The van der Waals surface area contributed by atoms with Gasteiger partial charge in [-0.05, 0) is 44.2 Å². The minimum atomic E-state index is -4.41. The Kier molecular flexibility index (Phi) is 5.49. The minimum Gasteiger partial charge on any atom is -0.492 e. The topological polar surface area (TPSA) is 38.3 Å². The van der Waals surface area contributed by atoms with Crippen molar-refractivity contribution in [2.24, 2.45) is 0 Å². The monoisotopic (exact) mass is 337 g/mol. The van der Waals surface area contributed by atoms with E-state index in [1.54, 1.807) is 12.1 Å². The molecule has 1 N–H and O–H groups in total. The zero-order valence-corrected chi connectivity index (χ0v) is 13.4. The third kappa shape index (κ3) is 5.01. The molecule has 24 heavy (non-hydrogen) atoms. The summed E-state index contributed by atoms with van der Waals surface area (Å²) in [6.07, 6.45) is -4.41. The summed E-state index contributed by atoms with van der Waals surface area (Å²) in [6.45, 7) is 4.08. The number of nitrogens with one attached hydrogen (secondary N) is 1. The number of amides is 1. The highest BCUT2D eigenvalue weighted by Gasteiger charge is 2.30. The summed E-state index contributed by atoms with van der Waals surface area (Å²) in [4.78, 5) is 12.0. The van der Waals surface area contributed by atoms with E-state index in [1.807, 2.05) is 19.9 Å². The van der Waals surface area contributed by atoms with Crippen molar-refractivity contribution in [1.82, 2.24) is 5.32 Å². The van der Waals surface area contributed by atoms with E-state index in [0.29, 0.717) is 5.56 Å². The first-order valence-electron chi connectivity index (χ1n) is 7.42. The van der Waals surface area contributed by atoms with Crippen LogP contribution in [0.1, 0.15) is 27.0 Å². The Balaban J connectivity index is 1.86. The van der Waals surface area contributed by atoms with Crippen molar-refractivity contribution in [3.05, 3.63) is 64.7 Å². The van der Waals surface area contributed by atoms with Gasteiger partial charge in [0.2, 0.25) is 0 Å². The van der Waals surface area contributed by atoms with E-state index in [9.17, 15) is 18.0 Å². The number of rotatable bonds is 5. The summed E-state index contributed by atoms with van der Waals surface area (Å²) in [7, 11) is 0. The SMILES string of the molecule is Cc1cc(C)cc(C(=O)NCCOc2cccc(C(F)(F)F)c2)c1. The summed E-state index contributed by atoms with van der Waals surface area (Å²) in [6, 6.07) is 10.2. The van der Waals surface area contributed by atoms with E-state index < -0.39 is 11.7 Å². The largest absolute Gasteiger partial charge is 0.492 e. The Morgan fingerprint density at radius 1 is 1.08 bits per heavy atom. The second kappa shape index (κ2) is 7.38. The fraction of sp³-hybridized carbons (Fsp3) is 0.278. The average Bonchev–Trinajstić information content (AvgIpc) is 2.50. The quantitative estimate of drug-likeness (QED) is 0.833. The van der Waals surface area contributed by atoms with Crippen LogP contribution in [0, 0.1) is 13.8 Å². The van der Waals surface area contributed by atoms with Gasteiger partial charge in [-0.2, -0.15) is 13.2 Å². The van der Waals surface area contributed by atoms with Crippen molar-refractivity contribution in [2.75, 3.05) is 13.2 Å². The number of halogens is 3. The molecular weight excluding hydrogens is 319 g/mol. The van der Waals surface area contributed by atoms with Crippen LogP contribution >= 0.6 is 0 Å². The van der Waals surface area contributed by atoms with E-state index in [4.69, 9.17) is 4.74 Å². The van der Waals surface area contributed by atoms with E-state index in [1.165, 1.54) is 12.1 Å². The molecule has 0 atom stereocenters.